The highest BCUT2D eigenvalue weighted by Gasteiger charge is 2.13. The summed E-state index contributed by atoms with van der Waals surface area (Å²) in [6.45, 7) is 4.54. The van der Waals surface area contributed by atoms with Crippen molar-refractivity contribution in [3.05, 3.63) is 52.3 Å². The summed E-state index contributed by atoms with van der Waals surface area (Å²) in [7, 11) is 0. The van der Waals surface area contributed by atoms with E-state index in [1.165, 1.54) is 16.8 Å². The van der Waals surface area contributed by atoms with Crippen molar-refractivity contribution in [1.82, 2.24) is 20.0 Å². The molecule has 1 aromatic heterocycles. The summed E-state index contributed by atoms with van der Waals surface area (Å²) in [5.74, 6) is -0.242. The molecule has 1 aromatic carbocycles. The van der Waals surface area contributed by atoms with Gasteiger partial charge in [-0.3, -0.25) is 19.8 Å². The molecule has 132 valence electrons. The number of rotatable bonds is 6. The zero-order chi connectivity index (χ0) is 17.6. The number of nitrogens with one attached hydrogen (secondary N) is 1. The van der Waals surface area contributed by atoms with Crippen molar-refractivity contribution >= 4 is 11.6 Å². The number of amides is 1. The third-order valence-electron chi connectivity index (χ3n) is 3.96. The van der Waals surface area contributed by atoms with Crippen molar-refractivity contribution in [3.8, 4) is 5.69 Å². The van der Waals surface area contributed by atoms with Gasteiger partial charge >= 0.3 is 0 Å². The van der Waals surface area contributed by atoms with Gasteiger partial charge in [0.1, 0.15) is 0 Å². The summed E-state index contributed by atoms with van der Waals surface area (Å²) in [5.41, 5.74) is 0.968. The molecule has 0 radical (unpaired) electrons. The first kappa shape index (κ1) is 17.1. The van der Waals surface area contributed by atoms with Gasteiger partial charge in [0.2, 0.25) is 0 Å². The highest BCUT2D eigenvalue weighted by Crippen LogP contribution is 2.14. The van der Waals surface area contributed by atoms with Crippen LogP contribution in [0.5, 0.6) is 0 Å². The van der Waals surface area contributed by atoms with Crippen molar-refractivity contribution in [2.24, 2.45) is 0 Å². The van der Waals surface area contributed by atoms with Gasteiger partial charge in [-0.1, -0.05) is 0 Å². The third-order valence-corrected chi connectivity index (χ3v) is 3.96. The molecule has 0 aliphatic carbocycles. The summed E-state index contributed by atoms with van der Waals surface area (Å²) < 4.78 is 6.80. The van der Waals surface area contributed by atoms with Gasteiger partial charge in [0.15, 0.2) is 5.69 Å². The maximum absolute atomic E-state index is 12.2. The molecule has 0 atom stereocenters. The van der Waals surface area contributed by atoms with Crippen molar-refractivity contribution < 1.29 is 14.5 Å². The van der Waals surface area contributed by atoms with Crippen LogP contribution >= 0.6 is 0 Å². The fourth-order valence-electron chi connectivity index (χ4n) is 2.56. The predicted molar refractivity (Wildman–Crippen MR) is 89.8 cm³/mol. The second-order valence-corrected chi connectivity index (χ2v) is 5.63. The van der Waals surface area contributed by atoms with Crippen LogP contribution in [0.2, 0.25) is 0 Å². The first-order valence-corrected chi connectivity index (χ1v) is 8.02. The van der Waals surface area contributed by atoms with E-state index in [2.05, 4.69) is 15.3 Å². The Labute approximate surface area is 144 Å². The Morgan fingerprint density at radius 2 is 1.96 bits per heavy atom. The van der Waals surface area contributed by atoms with Crippen molar-refractivity contribution in [1.29, 1.82) is 0 Å². The van der Waals surface area contributed by atoms with Crippen LogP contribution in [0.3, 0.4) is 0 Å². The van der Waals surface area contributed by atoms with Gasteiger partial charge in [-0.05, 0) is 18.2 Å². The standard InChI is InChI=1S/C16H19N5O4/c22-16(17-6-8-19-9-11-25-12-10-19)15-5-7-20(18-15)13-1-3-14(4-2-13)21(23)24/h1-5,7H,6,8-12H2,(H,17,22). The fourth-order valence-corrected chi connectivity index (χ4v) is 2.56. The second kappa shape index (κ2) is 7.86. The lowest BCUT2D eigenvalue weighted by molar-refractivity contribution is -0.384. The second-order valence-electron chi connectivity index (χ2n) is 5.63. The number of nitro benzene ring substituents is 1. The molecule has 9 heteroatoms. The third kappa shape index (κ3) is 4.40. The van der Waals surface area contributed by atoms with E-state index < -0.39 is 4.92 Å². The minimum Gasteiger partial charge on any atom is -0.379 e. The molecule has 1 aliphatic rings. The Bertz CT molecular complexity index is 737. The number of nitro groups is 1. The summed E-state index contributed by atoms with van der Waals surface area (Å²) in [4.78, 5) is 24.6. The highest BCUT2D eigenvalue weighted by atomic mass is 16.6. The number of aromatic nitrogens is 2. The Morgan fingerprint density at radius 3 is 2.64 bits per heavy atom. The van der Waals surface area contributed by atoms with E-state index in [1.54, 1.807) is 24.4 Å². The number of non-ortho nitro benzene ring substituents is 1. The smallest absolute Gasteiger partial charge is 0.271 e. The van der Waals surface area contributed by atoms with Gasteiger partial charge in [0.25, 0.3) is 11.6 Å². The van der Waals surface area contributed by atoms with Crippen molar-refractivity contribution in [2.75, 3.05) is 39.4 Å². The number of carbonyl (C=O) groups excluding carboxylic acids is 1. The Hall–Kier alpha value is -2.78. The van der Waals surface area contributed by atoms with Gasteiger partial charge in [0.05, 0.1) is 23.8 Å². The Balaban J connectivity index is 1.54. The van der Waals surface area contributed by atoms with Crippen LogP contribution in [0.15, 0.2) is 36.5 Å². The van der Waals surface area contributed by atoms with E-state index in [1.807, 2.05) is 0 Å². The molecular formula is C16H19N5O4. The Kier molecular flexibility index (Phi) is 5.36. The van der Waals surface area contributed by atoms with E-state index in [4.69, 9.17) is 4.74 Å². The molecule has 1 saturated heterocycles. The van der Waals surface area contributed by atoms with E-state index >= 15 is 0 Å². The molecule has 25 heavy (non-hydrogen) atoms. The molecule has 3 rings (SSSR count). The Morgan fingerprint density at radius 1 is 1.24 bits per heavy atom. The quantitative estimate of drug-likeness (QED) is 0.615. The summed E-state index contributed by atoms with van der Waals surface area (Å²) >= 11 is 0. The van der Waals surface area contributed by atoms with Crippen LogP contribution in [-0.4, -0.2) is 64.9 Å². The molecule has 9 nitrogen and oxygen atoms in total. The number of hydrogen-bond donors (Lipinski definition) is 1. The minimum absolute atomic E-state index is 0.0111. The van der Waals surface area contributed by atoms with Crippen molar-refractivity contribution in [2.45, 2.75) is 0 Å². The highest BCUT2D eigenvalue weighted by molar-refractivity contribution is 5.92. The molecule has 0 spiro atoms. The summed E-state index contributed by atoms with van der Waals surface area (Å²) in [6, 6.07) is 7.60. The zero-order valence-electron chi connectivity index (χ0n) is 13.6. The lowest BCUT2D eigenvalue weighted by atomic mass is 10.3. The van der Waals surface area contributed by atoms with Gasteiger partial charge < -0.3 is 10.1 Å². The molecule has 1 aliphatic heterocycles. The van der Waals surface area contributed by atoms with Crippen molar-refractivity contribution in [3.63, 3.8) is 0 Å². The van der Waals surface area contributed by atoms with Crippen LogP contribution in [0.25, 0.3) is 5.69 Å². The number of nitrogens with zero attached hydrogens (tertiary/aromatic N) is 4. The number of morpholine rings is 1. The molecule has 1 amide bonds. The molecule has 0 unspecified atom stereocenters. The maximum atomic E-state index is 12.2. The number of carbonyl (C=O) groups is 1. The van der Waals surface area contributed by atoms with E-state index in [0.29, 0.717) is 17.9 Å². The lowest BCUT2D eigenvalue weighted by Crippen LogP contribution is -2.41. The molecule has 2 aromatic rings. The monoisotopic (exact) mass is 345 g/mol. The molecule has 0 bridgehead atoms. The average molecular weight is 345 g/mol. The van der Waals surface area contributed by atoms with Crippen LogP contribution in [0.1, 0.15) is 10.5 Å². The van der Waals surface area contributed by atoms with E-state index in [-0.39, 0.29) is 11.6 Å². The molecule has 2 heterocycles. The number of ether oxygens (including phenoxy) is 1. The topological polar surface area (TPSA) is 103 Å². The van der Waals surface area contributed by atoms with Gasteiger partial charge in [-0.2, -0.15) is 5.10 Å². The molecule has 1 fully saturated rings. The molecular weight excluding hydrogens is 326 g/mol. The van der Waals surface area contributed by atoms with Crippen LogP contribution < -0.4 is 5.32 Å². The van der Waals surface area contributed by atoms with Gasteiger partial charge in [0, 0.05) is 44.5 Å². The van der Waals surface area contributed by atoms with Crippen LogP contribution in [0, 0.1) is 10.1 Å². The average Bonchev–Trinajstić information content (AvgIpc) is 3.13. The van der Waals surface area contributed by atoms with E-state index in [0.717, 1.165) is 32.8 Å². The number of benzene rings is 1. The van der Waals surface area contributed by atoms with Crippen LogP contribution in [0.4, 0.5) is 5.69 Å². The fraction of sp³-hybridized carbons (Fsp3) is 0.375. The lowest BCUT2D eigenvalue weighted by Gasteiger charge is -2.26. The molecule has 1 N–H and O–H groups in total. The minimum atomic E-state index is -0.458. The first-order chi connectivity index (χ1) is 12.1. The molecule has 0 saturated carbocycles. The largest absolute Gasteiger partial charge is 0.379 e. The van der Waals surface area contributed by atoms with E-state index in [9.17, 15) is 14.9 Å². The van der Waals surface area contributed by atoms with Gasteiger partial charge in [-0.25, -0.2) is 4.68 Å². The first-order valence-electron chi connectivity index (χ1n) is 8.02. The van der Waals surface area contributed by atoms with Crippen LogP contribution in [-0.2, 0) is 4.74 Å². The summed E-state index contributed by atoms with van der Waals surface area (Å²) in [6.07, 6.45) is 1.65. The summed E-state index contributed by atoms with van der Waals surface area (Å²) in [5, 5.41) is 17.7. The normalized spacial score (nSPS) is 15.0. The number of hydrogen-bond acceptors (Lipinski definition) is 6. The van der Waals surface area contributed by atoms with Gasteiger partial charge in [-0.15, -0.1) is 0 Å². The predicted octanol–water partition coefficient (Wildman–Crippen LogP) is 0.843. The maximum Gasteiger partial charge on any atom is 0.271 e. The zero-order valence-corrected chi connectivity index (χ0v) is 13.6. The SMILES string of the molecule is O=C(NCCN1CCOCC1)c1ccn(-c2ccc([N+](=O)[O-])cc2)n1.